The number of rotatable bonds is 1. The van der Waals surface area contributed by atoms with E-state index in [0.29, 0.717) is 12.1 Å². The van der Waals surface area contributed by atoms with Crippen LogP contribution in [0.2, 0.25) is 0 Å². The van der Waals surface area contributed by atoms with Crippen molar-refractivity contribution in [3.05, 3.63) is 0 Å². The molecule has 0 aromatic rings. The van der Waals surface area contributed by atoms with Gasteiger partial charge in [-0.1, -0.05) is 37.9 Å². The second-order valence-corrected chi connectivity index (χ2v) is 7.47. The largest absolute Gasteiger partial charge is 0.362 e. The third-order valence-corrected chi connectivity index (χ3v) is 6.01. The molecule has 2 aliphatic carbocycles. The maximum atomic E-state index is 4.96. The van der Waals surface area contributed by atoms with Crippen molar-refractivity contribution in [2.45, 2.75) is 70.4 Å². The molecule has 1 heterocycles. The number of aliphatic imine (C=N–C) groups is 1. The number of nitrogens with one attached hydrogen (secondary N) is 1. The van der Waals surface area contributed by atoms with E-state index in [0.717, 1.165) is 11.8 Å². The lowest BCUT2D eigenvalue weighted by Crippen LogP contribution is -2.36. The van der Waals surface area contributed by atoms with Gasteiger partial charge in [-0.05, 0) is 43.9 Å². The van der Waals surface area contributed by atoms with Crippen LogP contribution in [0, 0.1) is 11.8 Å². The Morgan fingerprint density at radius 1 is 1.06 bits per heavy atom. The van der Waals surface area contributed by atoms with E-state index >= 15 is 0 Å². The second-order valence-electron chi connectivity index (χ2n) is 6.46. The lowest BCUT2D eigenvalue weighted by Gasteiger charge is -2.26. The number of thioether (sulfide) groups is 1. The van der Waals surface area contributed by atoms with Crippen LogP contribution >= 0.6 is 11.8 Å². The highest BCUT2D eigenvalue weighted by Gasteiger charge is 2.31. The van der Waals surface area contributed by atoms with Gasteiger partial charge in [0.25, 0.3) is 0 Å². The molecule has 0 aromatic carbocycles. The van der Waals surface area contributed by atoms with Crippen LogP contribution in [-0.2, 0) is 0 Å². The lowest BCUT2D eigenvalue weighted by molar-refractivity contribution is 0.487. The SMILES string of the molecule is CC1CCCC(NC2=NC3CCCC3CS2)CC1. The van der Waals surface area contributed by atoms with E-state index in [1.807, 2.05) is 11.8 Å². The van der Waals surface area contributed by atoms with E-state index in [2.05, 4.69) is 12.2 Å². The minimum Gasteiger partial charge on any atom is -0.362 e. The monoisotopic (exact) mass is 266 g/mol. The van der Waals surface area contributed by atoms with E-state index in [-0.39, 0.29) is 0 Å². The smallest absolute Gasteiger partial charge is 0.157 e. The van der Waals surface area contributed by atoms with Gasteiger partial charge in [-0.3, -0.25) is 4.99 Å². The zero-order valence-electron chi connectivity index (χ0n) is 11.5. The van der Waals surface area contributed by atoms with Crippen molar-refractivity contribution in [3.63, 3.8) is 0 Å². The summed E-state index contributed by atoms with van der Waals surface area (Å²) in [5, 5.41) is 5.01. The minimum atomic E-state index is 0.651. The van der Waals surface area contributed by atoms with E-state index in [4.69, 9.17) is 4.99 Å². The number of amidine groups is 1. The summed E-state index contributed by atoms with van der Waals surface area (Å²) in [7, 11) is 0. The number of fused-ring (bicyclic) bond motifs is 1. The summed E-state index contributed by atoms with van der Waals surface area (Å²) in [6, 6.07) is 1.35. The summed E-state index contributed by atoms with van der Waals surface area (Å²) in [5.41, 5.74) is 0. The first-order chi connectivity index (χ1) is 8.81. The molecule has 0 aromatic heterocycles. The Balaban J connectivity index is 1.55. The van der Waals surface area contributed by atoms with Gasteiger partial charge in [0.15, 0.2) is 5.17 Å². The Morgan fingerprint density at radius 3 is 2.89 bits per heavy atom. The summed E-state index contributed by atoms with van der Waals surface area (Å²) in [6.45, 7) is 2.40. The fraction of sp³-hybridized carbons (Fsp3) is 0.933. The van der Waals surface area contributed by atoms with Crippen molar-refractivity contribution >= 4 is 16.9 Å². The highest BCUT2D eigenvalue weighted by Crippen LogP contribution is 2.35. The molecule has 102 valence electrons. The molecule has 1 N–H and O–H groups in total. The highest BCUT2D eigenvalue weighted by molar-refractivity contribution is 8.13. The van der Waals surface area contributed by atoms with Gasteiger partial charge in [0.2, 0.25) is 0 Å². The standard InChI is InChI=1S/C15H26N2S/c1-11-4-2-6-13(9-8-11)16-15-17-14-7-3-5-12(14)10-18-15/h11-14H,2-10H2,1H3,(H,16,17). The summed E-state index contributed by atoms with van der Waals surface area (Å²) in [6.07, 6.45) is 11.0. The maximum Gasteiger partial charge on any atom is 0.157 e. The molecule has 3 aliphatic rings. The summed E-state index contributed by atoms with van der Waals surface area (Å²) < 4.78 is 0. The first-order valence-corrected chi connectivity index (χ1v) is 8.77. The molecule has 1 aliphatic heterocycles. The predicted octanol–water partition coefficient (Wildman–Crippen LogP) is 3.82. The van der Waals surface area contributed by atoms with E-state index < -0.39 is 0 Å². The molecule has 0 spiro atoms. The van der Waals surface area contributed by atoms with Crippen molar-refractivity contribution in [2.24, 2.45) is 16.8 Å². The van der Waals surface area contributed by atoms with Crippen LogP contribution in [0.1, 0.15) is 58.3 Å². The first-order valence-electron chi connectivity index (χ1n) is 7.78. The van der Waals surface area contributed by atoms with Crippen LogP contribution in [0.25, 0.3) is 0 Å². The molecule has 0 bridgehead atoms. The van der Waals surface area contributed by atoms with Crippen molar-refractivity contribution in [2.75, 3.05) is 5.75 Å². The van der Waals surface area contributed by atoms with Crippen LogP contribution in [0.5, 0.6) is 0 Å². The molecule has 4 unspecified atom stereocenters. The van der Waals surface area contributed by atoms with Crippen LogP contribution < -0.4 is 5.32 Å². The predicted molar refractivity (Wildman–Crippen MR) is 80.2 cm³/mol. The average Bonchev–Trinajstić information content (AvgIpc) is 2.74. The lowest BCUT2D eigenvalue weighted by atomic mass is 10.0. The molecule has 4 atom stereocenters. The highest BCUT2D eigenvalue weighted by atomic mass is 32.2. The van der Waals surface area contributed by atoms with E-state index in [1.54, 1.807) is 0 Å². The van der Waals surface area contributed by atoms with Crippen LogP contribution in [-0.4, -0.2) is 23.0 Å². The topological polar surface area (TPSA) is 24.4 Å². The molecule has 2 nitrogen and oxygen atoms in total. The van der Waals surface area contributed by atoms with E-state index in [1.165, 1.54) is 62.3 Å². The van der Waals surface area contributed by atoms with Gasteiger partial charge in [-0.25, -0.2) is 0 Å². The third-order valence-electron chi connectivity index (χ3n) is 4.92. The molecule has 18 heavy (non-hydrogen) atoms. The molecule has 2 fully saturated rings. The van der Waals surface area contributed by atoms with Crippen molar-refractivity contribution in [3.8, 4) is 0 Å². The Bertz CT molecular complexity index is 316. The van der Waals surface area contributed by atoms with Crippen molar-refractivity contribution in [1.29, 1.82) is 0 Å². The molecule has 2 saturated carbocycles. The summed E-state index contributed by atoms with van der Waals surface area (Å²) in [4.78, 5) is 4.96. The van der Waals surface area contributed by atoms with Gasteiger partial charge in [0.1, 0.15) is 0 Å². The molecule has 0 radical (unpaired) electrons. The molecule has 0 saturated heterocycles. The number of hydrogen-bond acceptors (Lipinski definition) is 3. The van der Waals surface area contributed by atoms with Crippen molar-refractivity contribution < 1.29 is 0 Å². The van der Waals surface area contributed by atoms with Gasteiger partial charge < -0.3 is 5.32 Å². The average molecular weight is 266 g/mol. The molecule has 3 heteroatoms. The summed E-state index contributed by atoms with van der Waals surface area (Å²) >= 11 is 1.98. The zero-order chi connectivity index (χ0) is 12.4. The van der Waals surface area contributed by atoms with E-state index in [9.17, 15) is 0 Å². The molecular formula is C15H26N2S. The van der Waals surface area contributed by atoms with Crippen LogP contribution in [0.15, 0.2) is 4.99 Å². The number of nitrogens with zero attached hydrogens (tertiary/aromatic N) is 1. The summed E-state index contributed by atoms with van der Waals surface area (Å²) in [5.74, 6) is 3.12. The second kappa shape index (κ2) is 5.85. The normalized spacial score (nSPS) is 40.8. The van der Waals surface area contributed by atoms with Gasteiger partial charge in [-0.2, -0.15) is 0 Å². The molecule has 0 amide bonds. The van der Waals surface area contributed by atoms with Crippen molar-refractivity contribution in [1.82, 2.24) is 5.32 Å². The fourth-order valence-corrected chi connectivity index (χ4v) is 4.86. The fourth-order valence-electron chi connectivity index (χ4n) is 3.64. The molecule has 3 rings (SSSR count). The van der Waals surface area contributed by atoms with Gasteiger partial charge in [0, 0.05) is 11.8 Å². The van der Waals surface area contributed by atoms with Crippen LogP contribution in [0.4, 0.5) is 0 Å². The quantitative estimate of drug-likeness (QED) is 0.730. The van der Waals surface area contributed by atoms with Gasteiger partial charge in [0.05, 0.1) is 6.04 Å². The Morgan fingerprint density at radius 2 is 1.94 bits per heavy atom. The Labute approximate surface area is 115 Å². The maximum absolute atomic E-state index is 4.96. The van der Waals surface area contributed by atoms with Gasteiger partial charge >= 0.3 is 0 Å². The van der Waals surface area contributed by atoms with Gasteiger partial charge in [-0.15, -0.1) is 0 Å². The third kappa shape index (κ3) is 3.04. The Hall–Kier alpha value is -0.180. The number of hydrogen-bond donors (Lipinski definition) is 1. The minimum absolute atomic E-state index is 0.651. The zero-order valence-corrected chi connectivity index (χ0v) is 12.3. The van der Waals surface area contributed by atoms with Crippen LogP contribution in [0.3, 0.4) is 0 Å². The first kappa shape index (κ1) is 12.8. The molecular weight excluding hydrogens is 240 g/mol. The Kier molecular flexibility index (Phi) is 4.17.